The molecule has 0 saturated heterocycles. The van der Waals surface area contributed by atoms with Gasteiger partial charge < -0.3 is 9.55 Å². The molecule has 0 spiro atoms. The van der Waals surface area contributed by atoms with Crippen molar-refractivity contribution in [2.45, 2.75) is 50.1 Å². The Labute approximate surface area is 197 Å². The third kappa shape index (κ3) is 3.91. The fourth-order valence-corrected chi connectivity index (χ4v) is 6.61. The van der Waals surface area contributed by atoms with Gasteiger partial charge in [-0.05, 0) is 56.4 Å². The van der Waals surface area contributed by atoms with Gasteiger partial charge >= 0.3 is 0 Å². The Morgan fingerprint density at radius 1 is 1.23 bits per heavy atom. The first kappa shape index (κ1) is 21.0. The summed E-state index contributed by atoms with van der Waals surface area (Å²) < 4.78 is 2.00. The zero-order valence-corrected chi connectivity index (χ0v) is 19.9. The highest BCUT2D eigenvalue weighted by atomic mass is 35.5. The van der Waals surface area contributed by atoms with Crippen LogP contribution in [-0.4, -0.2) is 24.7 Å². The van der Waals surface area contributed by atoms with Crippen LogP contribution in [0.4, 0.5) is 0 Å². The molecule has 0 amide bonds. The first-order chi connectivity index (χ1) is 15.0. The summed E-state index contributed by atoms with van der Waals surface area (Å²) in [6, 6.07) is 5.33. The van der Waals surface area contributed by atoms with Crippen LogP contribution >= 0.6 is 46.3 Å². The predicted molar refractivity (Wildman–Crippen MR) is 128 cm³/mol. The Balaban J connectivity index is 1.43. The van der Waals surface area contributed by atoms with Gasteiger partial charge in [0.2, 0.25) is 0 Å². The highest BCUT2D eigenvalue weighted by molar-refractivity contribution is 7.98. The van der Waals surface area contributed by atoms with Crippen molar-refractivity contribution < 1.29 is 0 Å². The molecule has 0 fully saturated rings. The summed E-state index contributed by atoms with van der Waals surface area (Å²) in [4.78, 5) is 22.7. The molecule has 0 bridgehead atoms. The molecule has 0 saturated carbocycles. The Morgan fingerprint density at radius 3 is 2.87 bits per heavy atom. The minimum absolute atomic E-state index is 0.0365. The molecule has 4 aromatic rings. The van der Waals surface area contributed by atoms with Crippen LogP contribution in [0.3, 0.4) is 0 Å². The average Bonchev–Trinajstić information content (AvgIpc) is 3.33. The highest BCUT2D eigenvalue weighted by Gasteiger charge is 2.20. The minimum atomic E-state index is -0.0365. The van der Waals surface area contributed by atoms with Crippen molar-refractivity contribution in [3.05, 3.63) is 54.9 Å². The van der Waals surface area contributed by atoms with Gasteiger partial charge in [0.05, 0.1) is 16.2 Å². The number of aryl methyl sites for hydroxylation is 2. The second-order valence-electron chi connectivity index (χ2n) is 7.37. The number of benzene rings is 1. The Hall–Kier alpha value is -1.87. The number of aromatic amines is 1. The number of rotatable bonds is 5. The van der Waals surface area contributed by atoms with Gasteiger partial charge in [-0.25, -0.2) is 4.98 Å². The lowest BCUT2D eigenvalue weighted by atomic mass is 9.97. The molecule has 3 aromatic heterocycles. The number of H-pyrrole nitrogens is 1. The van der Waals surface area contributed by atoms with Crippen LogP contribution in [-0.2, 0) is 25.1 Å². The van der Waals surface area contributed by atoms with Crippen molar-refractivity contribution in [3.8, 4) is 11.4 Å². The van der Waals surface area contributed by atoms with Crippen molar-refractivity contribution in [1.82, 2.24) is 24.7 Å². The molecule has 160 valence electrons. The number of hydrogen-bond acceptors (Lipinski definition) is 6. The van der Waals surface area contributed by atoms with E-state index in [0.29, 0.717) is 34.0 Å². The summed E-state index contributed by atoms with van der Waals surface area (Å²) in [5.74, 6) is 1.84. The van der Waals surface area contributed by atoms with Crippen LogP contribution in [0.15, 0.2) is 28.2 Å². The summed E-state index contributed by atoms with van der Waals surface area (Å²) in [5, 5.41) is 11.3. The molecular weight excluding hydrogens is 473 g/mol. The van der Waals surface area contributed by atoms with Gasteiger partial charge in [-0.2, -0.15) is 0 Å². The molecule has 1 aromatic carbocycles. The van der Waals surface area contributed by atoms with E-state index in [4.69, 9.17) is 28.2 Å². The summed E-state index contributed by atoms with van der Waals surface area (Å²) in [7, 11) is 0. The molecule has 3 heterocycles. The van der Waals surface area contributed by atoms with E-state index in [1.807, 2.05) is 17.6 Å². The molecule has 0 radical (unpaired) electrons. The lowest BCUT2D eigenvalue weighted by Gasteiger charge is -2.09. The van der Waals surface area contributed by atoms with Crippen molar-refractivity contribution >= 4 is 56.5 Å². The quantitative estimate of drug-likeness (QED) is 0.360. The van der Waals surface area contributed by atoms with Crippen LogP contribution in [0.5, 0.6) is 0 Å². The number of fused-ring (bicyclic) bond motifs is 3. The molecule has 31 heavy (non-hydrogen) atoms. The van der Waals surface area contributed by atoms with Crippen molar-refractivity contribution in [3.63, 3.8) is 0 Å². The van der Waals surface area contributed by atoms with Gasteiger partial charge in [-0.3, -0.25) is 4.79 Å². The minimum Gasteiger partial charge on any atom is -0.309 e. The maximum Gasteiger partial charge on any atom is 0.259 e. The van der Waals surface area contributed by atoms with E-state index in [1.165, 1.54) is 28.6 Å². The van der Waals surface area contributed by atoms with E-state index in [2.05, 4.69) is 15.2 Å². The van der Waals surface area contributed by atoms with E-state index in [1.54, 1.807) is 23.5 Å². The van der Waals surface area contributed by atoms with Gasteiger partial charge in [0.15, 0.2) is 11.0 Å². The van der Waals surface area contributed by atoms with Crippen LogP contribution in [0.1, 0.15) is 36.0 Å². The number of thioether (sulfide) groups is 1. The summed E-state index contributed by atoms with van der Waals surface area (Å²) >= 11 is 15.5. The normalized spacial score (nSPS) is 13.6. The molecule has 5 rings (SSSR count). The largest absolute Gasteiger partial charge is 0.309 e. The van der Waals surface area contributed by atoms with Gasteiger partial charge in [0.1, 0.15) is 10.7 Å². The topological polar surface area (TPSA) is 76.5 Å². The van der Waals surface area contributed by atoms with Gasteiger partial charge in [-0.15, -0.1) is 21.5 Å². The zero-order chi connectivity index (χ0) is 21.5. The summed E-state index contributed by atoms with van der Waals surface area (Å²) in [6.45, 7) is 2.72. The maximum absolute atomic E-state index is 12.8. The first-order valence-corrected chi connectivity index (χ1v) is 12.7. The summed E-state index contributed by atoms with van der Waals surface area (Å²) in [6.07, 6.45) is 4.36. The predicted octanol–water partition coefficient (Wildman–Crippen LogP) is 5.74. The Kier molecular flexibility index (Phi) is 5.81. The van der Waals surface area contributed by atoms with Gasteiger partial charge in [-0.1, -0.05) is 35.0 Å². The molecular formula is C21H19Cl2N5OS2. The number of aromatic nitrogens is 5. The van der Waals surface area contributed by atoms with Crippen molar-refractivity contribution in [1.29, 1.82) is 0 Å². The first-order valence-electron chi connectivity index (χ1n) is 10.1. The van der Waals surface area contributed by atoms with Crippen LogP contribution in [0.25, 0.3) is 21.6 Å². The Bertz CT molecular complexity index is 1340. The zero-order valence-electron chi connectivity index (χ0n) is 16.7. The molecule has 1 aliphatic rings. The van der Waals surface area contributed by atoms with Crippen molar-refractivity contribution in [2.75, 3.05) is 0 Å². The lowest BCUT2D eigenvalue weighted by molar-refractivity contribution is 0.687. The number of halogens is 2. The molecule has 6 nitrogen and oxygen atoms in total. The van der Waals surface area contributed by atoms with E-state index in [0.717, 1.165) is 40.2 Å². The van der Waals surface area contributed by atoms with E-state index >= 15 is 0 Å². The molecule has 0 aliphatic heterocycles. The Morgan fingerprint density at radius 2 is 2.06 bits per heavy atom. The lowest BCUT2D eigenvalue weighted by Crippen LogP contribution is -2.12. The SMILES string of the molecule is CCn1c(SCc2nc3sc4c(c3c(=O)[nH]2)CCCC4)nnc1-c1ccc(Cl)cc1Cl. The smallest absolute Gasteiger partial charge is 0.259 e. The number of hydrogen-bond donors (Lipinski definition) is 1. The average molecular weight is 492 g/mol. The van der Waals surface area contributed by atoms with E-state index in [-0.39, 0.29) is 5.56 Å². The molecule has 1 aliphatic carbocycles. The number of nitrogens with one attached hydrogen (secondary N) is 1. The molecule has 10 heteroatoms. The van der Waals surface area contributed by atoms with Gasteiger partial charge in [0, 0.05) is 22.0 Å². The fraction of sp³-hybridized carbons (Fsp3) is 0.333. The van der Waals surface area contributed by atoms with Crippen molar-refractivity contribution in [2.24, 2.45) is 0 Å². The van der Waals surface area contributed by atoms with E-state index < -0.39 is 0 Å². The number of nitrogens with zero attached hydrogens (tertiary/aromatic N) is 4. The third-order valence-corrected chi connectivity index (χ3v) is 8.13. The molecule has 0 atom stereocenters. The van der Waals surface area contributed by atoms with E-state index in [9.17, 15) is 4.79 Å². The fourth-order valence-electron chi connectivity index (χ4n) is 3.96. The van der Waals surface area contributed by atoms with Crippen LogP contribution in [0, 0.1) is 0 Å². The highest BCUT2D eigenvalue weighted by Crippen LogP contribution is 2.34. The monoisotopic (exact) mass is 491 g/mol. The third-order valence-electron chi connectivity index (χ3n) is 5.42. The summed E-state index contributed by atoms with van der Waals surface area (Å²) in [5.41, 5.74) is 1.95. The maximum atomic E-state index is 12.8. The second kappa shape index (κ2) is 8.58. The second-order valence-corrected chi connectivity index (χ2v) is 10.2. The van der Waals surface area contributed by atoms with Gasteiger partial charge in [0.25, 0.3) is 5.56 Å². The van der Waals surface area contributed by atoms with Crippen LogP contribution in [0.2, 0.25) is 10.0 Å². The van der Waals surface area contributed by atoms with Crippen LogP contribution < -0.4 is 5.56 Å². The standard InChI is InChI=1S/C21H19Cl2N5OS2/c1-2-28-18(12-8-7-11(22)9-14(12)23)26-27-21(28)30-10-16-24-19(29)17-13-5-3-4-6-15(13)31-20(17)25-16/h7-9H,2-6,10H2,1H3,(H,24,25,29). The molecule has 1 N–H and O–H groups in total. The number of thiophene rings is 1. The molecule has 0 unspecified atom stereocenters.